The van der Waals surface area contributed by atoms with Gasteiger partial charge in [-0.1, -0.05) is 0 Å². The van der Waals surface area contributed by atoms with Crippen LogP contribution in [0.4, 0.5) is 0 Å². The second-order valence-electron chi connectivity index (χ2n) is 5.10. The molecule has 1 aromatic heterocycles. The van der Waals surface area contributed by atoms with Gasteiger partial charge in [-0.05, 0) is 32.5 Å². The third kappa shape index (κ3) is 2.15. The number of hydrogen-bond acceptors (Lipinski definition) is 3. The van der Waals surface area contributed by atoms with Crippen LogP contribution in [0.15, 0.2) is 10.9 Å². The average Bonchev–Trinajstić information content (AvgIpc) is 2.28. The van der Waals surface area contributed by atoms with E-state index in [-0.39, 0.29) is 11.6 Å². The van der Waals surface area contributed by atoms with E-state index in [0.717, 1.165) is 25.1 Å². The third-order valence-electron chi connectivity index (χ3n) is 3.41. The predicted molar refractivity (Wildman–Crippen MR) is 69.0 cm³/mol. The summed E-state index contributed by atoms with van der Waals surface area (Å²) in [5.74, 6) is 0. The Kier molecular flexibility index (Phi) is 3.35. The lowest BCUT2D eigenvalue weighted by molar-refractivity contribution is 0.301. The minimum atomic E-state index is 0.0887. The molecule has 2 heterocycles. The fourth-order valence-corrected chi connectivity index (χ4v) is 2.56. The van der Waals surface area contributed by atoms with Gasteiger partial charge in [0, 0.05) is 43.4 Å². The number of rotatable bonds is 2. The van der Waals surface area contributed by atoms with Crippen molar-refractivity contribution in [3.8, 4) is 0 Å². The predicted octanol–water partition coefficient (Wildman–Crippen LogP) is 0.876. The first-order valence-electron chi connectivity index (χ1n) is 6.19. The van der Waals surface area contributed by atoms with Gasteiger partial charge in [-0.3, -0.25) is 4.79 Å². The van der Waals surface area contributed by atoms with Gasteiger partial charge in [-0.2, -0.15) is 0 Å². The molecule has 1 aliphatic rings. The Labute approximate surface area is 102 Å². The van der Waals surface area contributed by atoms with E-state index in [0.29, 0.717) is 6.54 Å². The van der Waals surface area contributed by atoms with Gasteiger partial charge < -0.3 is 15.2 Å². The molecule has 1 aromatic rings. The van der Waals surface area contributed by atoms with Crippen molar-refractivity contribution in [1.82, 2.24) is 9.47 Å². The van der Waals surface area contributed by atoms with E-state index in [4.69, 9.17) is 5.73 Å². The van der Waals surface area contributed by atoms with Crippen LogP contribution in [-0.2, 0) is 19.5 Å². The zero-order valence-corrected chi connectivity index (χ0v) is 10.9. The molecule has 0 amide bonds. The topological polar surface area (TPSA) is 51.3 Å². The molecule has 0 unspecified atom stereocenters. The lowest BCUT2D eigenvalue weighted by Gasteiger charge is -2.29. The van der Waals surface area contributed by atoms with Crippen LogP contribution in [0.5, 0.6) is 0 Å². The molecule has 17 heavy (non-hydrogen) atoms. The second kappa shape index (κ2) is 4.63. The molecule has 4 nitrogen and oxygen atoms in total. The van der Waals surface area contributed by atoms with E-state index in [1.807, 2.05) is 10.6 Å². The molecule has 0 saturated carbocycles. The Morgan fingerprint density at radius 3 is 2.76 bits per heavy atom. The SMILES string of the molecule is CC(C)n1c2c(cc(CN)c1=O)CN(C)CC2. The summed E-state index contributed by atoms with van der Waals surface area (Å²) in [5, 5.41) is 0. The number of pyridine rings is 1. The van der Waals surface area contributed by atoms with Crippen LogP contribution in [0.1, 0.15) is 36.7 Å². The van der Waals surface area contributed by atoms with Crippen molar-refractivity contribution in [2.45, 2.75) is 39.4 Å². The van der Waals surface area contributed by atoms with E-state index in [1.165, 1.54) is 11.3 Å². The van der Waals surface area contributed by atoms with Crippen LogP contribution < -0.4 is 11.3 Å². The monoisotopic (exact) mass is 235 g/mol. The lowest BCUT2D eigenvalue weighted by Crippen LogP contribution is -2.36. The smallest absolute Gasteiger partial charge is 0.255 e. The largest absolute Gasteiger partial charge is 0.326 e. The Hall–Kier alpha value is -1.13. The molecule has 2 rings (SSSR count). The molecule has 94 valence electrons. The maximum Gasteiger partial charge on any atom is 0.255 e. The van der Waals surface area contributed by atoms with Gasteiger partial charge in [-0.25, -0.2) is 0 Å². The van der Waals surface area contributed by atoms with Gasteiger partial charge in [0.05, 0.1) is 0 Å². The number of nitrogens with two attached hydrogens (primary N) is 1. The number of aromatic nitrogens is 1. The van der Waals surface area contributed by atoms with E-state index >= 15 is 0 Å². The van der Waals surface area contributed by atoms with Crippen LogP contribution in [0.25, 0.3) is 0 Å². The average molecular weight is 235 g/mol. The number of fused-ring (bicyclic) bond motifs is 1. The fraction of sp³-hybridized carbons (Fsp3) is 0.615. The summed E-state index contributed by atoms with van der Waals surface area (Å²) in [5.41, 5.74) is 8.93. The summed E-state index contributed by atoms with van der Waals surface area (Å²) in [4.78, 5) is 14.5. The standard InChI is InChI=1S/C13H21N3O/c1-9(2)16-12-4-5-15(3)8-11(12)6-10(7-14)13(16)17/h6,9H,4-5,7-8,14H2,1-3H3. The van der Waals surface area contributed by atoms with Crippen LogP contribution in [0.3, 0.4) is 0 Å². The molecule has 1 aliphatic heterocycles. The van der Waals surface area contributed by atoms with E-state index in [1.54, 1.807) is 0 Å². The van der Waals surface area contributed by atoms with Crippen molar-refractivity contribution in [2.75, 3.05) is 13.6 Å². The summed E-state index contributed by atoms with van der Waals surface area (Å²) in [6.07, 6.45) is 0.949. The summed E-state index contributed by atoms with van der Waals surface area (Å²) in [7, 11) is 2.11. The molecule has 0 fully saturated rings. The van der Waals surface area contributed by atoms with Crippen LogP contribution in [-0.4, -0.2) is 23.1 Å². The normalized spacial score (nSPS) is 16.3. The van der Waals surface area contributed by atoms with Crippen molar-refractivity contribution < 1.29 is 0 Å². The molecule has 0 radical (unpaired) electrons. The van der Waals surface area contributed by atoms with Crippen molar-refractivity contribution >= 4 is 0 Å². The minimum Gasteiger partial charge on any atom is -0.326 e. The molecular weight excluding hydrogens is 214 g/mol. The molecular formula is C13H21N3O. The highest BCUT2D eigenvalue weighted by Gasteiger charge is 2.20. The maximum absolute atomic E-state index is 12.3. The van der Waals surface area contributed by atoms with E-state index < -0.39 is 0 Å². The molecule has 0 aliphatic carbocycles. The highest BCUT2D eigenvalue weighted by atomic mass is 16.1. The molecule has 0 aromatic carbocycles. The minimum absolute atomic E-state index is 0.0887. The van der Waals surface area contributed by atoms with Crippen molar-refractivity contribution in [3.05, 3.63) is 33.2 Å². The van der Waals surface area contributed by atoms with Crippen molar-refractivity contribution in [1.29, 1.82) is 0 Å². The Morgan fingerprint density at radius 2 is 2.18 bits per heavy atom. The quantitative estimate of drug-likeness (QED) is 0.827. The van der Waals surface area contributed by atoms with E-state index in [9.17, 15) is 4.79 Å². The maximum atomic E-state index is 12.3. The Morgan fingerprint density at radius 1 is 1.47 bits per heavy atom. The summed E-state index contributed by atoms with van der Waals surface area (Å²) < 4.78 is 1.92. The highest BCUT2D eigenvalue weighted by Crippen LogP contribution is 2.20. The van der Waals surface area contributed by atoms with Gasteiger partial charge in [0.25, 0.3) is 5.56 Å². The Bertz CT molecular complexity index is 476. The first-order valence-corrected chi connectivity index (χ1v) is 6.19. The lowest BCUT2D eigenvalue weighted by atomic mass is 10.0. The zero-order valence-electron chi connectivity index (χ0n) is 10.9. The molecule has 2 N–H and O–H groups in total. The Balaban J connectivity index is 2.64. The van der Waals surface area contributed by atoms with Gasteiger partial charge >= 0.3 is 0 Å². The number of hydrogen-bond donors (Lipinski definition) is 1. The summed E-state index contributed by atoms with van der Waals surface area (Å²) >= 11 is 0. The third-order valence-corrected chi connectivity index (χ3v) is 3.41. The first kappa shape index (κ1) is 12.3. The first-order chi connectivity index (χ1) is 8.04. The fourth-order valence-electron chi connectivity index (χ4n) is 2.56. The van der Waals surface area contributed by atoms with Gasteiger partial charge in [0.2, 0.25) is 0 Å². The number of likely N-dealkylation sites (N-methyl/N-ethyl adjacent to an activating group) is 1. The van der Waals surface area contributed by atoms with Gasteiger partial charge in [0.15, 0.2) is 0 Å². The molecule has 0 atom stereocenters. The van der Waals surface area contributed by atoms with Crippen molar-refractivity contribution in [3.63, 3.8) is 0 Å². The number of nitrogens with zero attached hydrogens (tertiary/aromatic N) is 2. The van der Waals surface area contributed by atoms with Crippen LogP contribution >= 0.6 is 0 Å². The second-order valence-corrected chi connectivity index (χ2v) is 5.10. The molecule has 0 spiro atoms. The van der Waals surface area contributed by atoms with E-state index in [2.05, 4.69) is 25.8 Å². The van der Waals surface area contributed by atoms with Crippen LogP contribution in [0.2, 0.25) is 0 Å². The van der Waals surface area contributed by atoms with Crippen molar-refractivity contribution in [2.24, 2.45) is 5.73 Å². The molecule has 4 heteroatoms. The summed E-state index contributed by atoms with van der Waals surface area (Å²) in [6, 6.07) is 2.19. The van der Waals surface area contributed by atoms with Crippen LogP contribution in [0, 0.1) is 0 Å². The zero-order chi connectivity index (χ0) is 12.6. The van der Waals surface area contributed by atoms with Gasteiger partial charge in [-0.15, -0.1) is 0 Å². The highest BCUT2D eigenvalue weighted by molar-refractivity contribution is 5.29. The molecule has 0 bridgehead atoms. The molecule has 0 saturated heterocycles. The van der Waals surface area contributed by atoms with Gasteiger partial charge in [0.1, 0.15) is 0 Å². The summed E-state index contributed by atoms with van der Waals surface area (Å²) in [6.45, 7) is 6.36.